The second kappa shape index (κ2) is 12.8. The number of nitriles is 1. The van der Waals surface area contributed by atoms with Crippen molar-refractivity contribution in [2.45, 2.75) is 55.4 Å². The van der Waals surface area contributed by atoms with Crippen molar-refractivity contribution in [1.82, 2.24) is 14.9 Å². The molecule has 0 aliphatic heterocycles. The van der Waals surface area contributed by atoms with E-state index in [1.54, 1.807) is 60.7 Å². The molecule has 4 rings (SSSR count). The largest absolute Gasteiger partial charge is 0.493 e. The first-order valence-corrected chi connectivity index (χ1v) is 15.2. The first-order chi connectivity index (χ1) is 20.2. The highest BCUT2D eigenvalue weighted by molar-refractivity contribution is 7.91. The second-order valence-corrected chi connectivity index (χ2v) is 11.7. The summed E-state index contributed by atoms with van der Waals surface area (Å²) < 4.78 is 29.1. The number of amides is 1. The highest BCUT2D eigenvalue weighted by atomic mass is 32.2. The van der Waals surface area contributed by atoms with Gasteiger partial charge in [-0.15, -0.1) is 0 Å². The average Bonchev–Trinajstić information content (AvgIpc) is 3.01. The topological polar surface area (TPSA) is 142 Å². The van der Waals surface area contributed by atoms with Crippen LogP contribution >= 0.6 is 0 Å². The Balaban J connectivity index is 1.83. The molecule has 10 heteroatoms. The van der Waals surface area contributed by atoms with Crippen LogP contribution < -0.4 is 10.9 Å². The van der Waals surface area contributed by atoms with Crippen LogP contribution in [-0.4, -0.2) is 36.0 Å². The lowest BCUT2D eigenvalue weighted by molar-refractivity contribution is 0.0963. The number of carbonyl (C=O) groups excluding carboxylic acids is 1. The van der Waals surface area contributed by atoms with Gasteiger partial charge in [-0.3, -0.25) is 14.2 Å². The predicted molar refractivity (Wildman–Crippen MR) is 159 cm³/mol. The monoisotopic (exact) mass is 584 g/mol. The minimum atomic E-state index is -4.48. The van der Waals surface area contributed by atoms with Crippen molar-refractivity contribution >= 4 is 15.7 Å². The van der Waals surface area contributed by atoms with Crippen molar-refractivity contribution < 1.29 is 18.3 Å². The lowest BCUT2D eigenvalue weighted by Crippen LogP contribution is -2.27. The Labute approximate surface area is 245 Å². The lowest BCUT2D eigenvalue weighted by Gasteiger charge is -2.25. The van der Waals surface area contributed by atoms with Gasteiger partial charge >= 0.3 is 0 Å². The molecule has 1 aromatic heterocycles. The van der Waals surface area contributed by atoms with Crippen molar-refractivity contribution in [2.24, 2.45) is 0 Å². The molecule has 0 saturated carbocycles. The molecule has 9 nitrogen and oxygen atoms in total. The van der Waals surface area contributed by atoms with Crippen LogP contribution in [-0.2, 0) is 16.3 Å². The molecular formula is C32H32N4O5S. The average molecular weight is 585 g/mol. The van der Waals surface area contributed by atoms with Gasteiger partial charge in [-0.1, -0.05) is 56.7 Å². The van der Waals surface area contributed by atoms with Gasteiger partial charge in [0.2, 0.25) is 15.7 Å². The molecule has 42 heavy (non-hydrogen) atoms. The van der Waals surface area contributed by atoms with E-state index >= 15 is 0 Å². The van der Waals surface area contributed by atoms with Gasteiger partial charge in [0.25, 0.3) is 11.5 Å². The molecule has 0 bridgehead atoms. The zero-order valence-corrected chi connectivity index (χ0v) is 24.5. The number of rotatable bonds is 10. The number of nitrogens with zero attached hydrogens (tertiary/aromatic N) is 3. The summed E-state index contributed by atoms with van der Waals surface area (Å²) in [6, 6.07) is 21.2. The van der Waals surface area contributed by atoms with Crippen molar-refractivity contribution in [1.29, 1.82) is 5.26 Å². The van der Waals surface area contributed by atoms with Gasteiger partial charge in [0, 0.05) is 19.0 Å². The molecule has 0 saturated heterocycles. The van der Waals surface area contributed by atoms with E-state index in [-0.39, 0.29) is 16.6 Å². The first kappa shape index (κ1) is 30.2. The molecule has 0 aliphatic rings. The minimum Gasteiger partial charge on any atom is -0.493 e. The number of hydrogen-bond acceptors (Lipinski definition) is 7. The normalized spacial score (nSPS) is 12.0. The molecule has 2 N–H and O–H groups in total. The molecule has 1 atom stereocenters. The summed E-state index contributed by atoms with van der Waals surface area (Å²) in [4.78, 5) is 28.4. The van der Waals surface area contributed by atoms with Crippen LogP contribution in [0, 0.1) is 11.3 Å². The zero-order valence-electron chi connectivity index (χ0n) is 23.7. The molecule has 0 fully saturated rings. The fourth-order valence-corrected chi connectivity index (χ4v) is 6.28. The van der Waals surface area contributed by atoms with Crippen molar-refractivity contribution in [2.75, 3.05) is 7.05 Å². The quantitative estimate of drug-likeness (QED) is 0.266. The van der Waals surface area contributed by atoms with E-state index < -0.39 is 32.2 Å². The van der Waals surface area contributed by atoms with Gasteiger partial charge in [0.05, 0.1) is 22.6 Å². The molecule has 0 unspecified atom stereocenters. The maximum Gasteiger partial charge on any atom is 0.296 e. The molecule has 1 heterocycles. The highest BCUT2D eigenvalue weighted by Gasteiger charge is 2.32. The van der Waals surface area contributed by atoms with Gasteiger partial charge in [0.1, 0.15) is 5.82 Å². The number of hydrogen-bond donors (Lipinski definition) is 2. The fourth-order valence-electron chi connectivity index (χ4n) is 4.93. The predicted octanol–water partition coefficient (Wildman–Crippen LogP) is 5.02. The second-order valence-electron chi connectivity index (χ2n) is 9.81. The number of aryl methyl sites for hydroxylation is 1. The van der Waals surface area contributed by atoms with Crippen molar-refractivity contribution in [3.05, 3.63) is 106 Å². The number of unbranched alkanes of at least 4 members (excludes halogenated alkanes) is 1. The third-order valence-electron chi connectivity index (χ3n) is 7.11. The smallest absolute Gasteiger partial charge is 0.296 e. The number of aromatic hydroxyl groups is 1. The van der Waals surface area contributed by atoms with Gasteiger partial charge in [-0.2, -0.15) is 10.2 Å². The van der Waals surface area contributed by atoms with Gasteiger partial charge in [-0.25, -0.2) is 8.42 Å². The maximum absolute atomic E-state index is 13.8. The third-order valence-corrected chi connectivity index (χ3v) is 8.89. The summed E-state index contributed by atoms with van der Waals surface area (Å²) in [5.74, 6) is -0.654. The molecule has 4 aromatic rings. The molecular weight excluding hydrogens is 552 g/mol. The summed E-state index contributed by atoms with van der Waals surface area (Å²) in [5.41, 5.74) is 1.90. The Morgan fingerprint density at radius 3 is 2.40 bits per heavy atom. The van der Waals surface area contributed by atoms with E-state index in [2.05, 4.69) is 16.4 Å². The van der Waals surface area contributed by atoms with Gasteiger partial charge < -0.3 is 10.4 Å². The van der Waals surface area contributed by atoms with Crippen LogP contribution in [0.4, 0.5) is 0 Å². The Kier molecular flexibility index (Phi) is 9.23. The number of nitrogens with one attached hydrogen (secondary N) is 1. The fraction of sp³-hybridized carbons (Fsp3) is 0.250. The summed E-state index contributed by atoms with van der Waals surface area (Å²) in [6.07, 6.45) is 2.28. The van der Waals surface area contributed by atoms with E-state index in [0.717, 1.165) is 6.42 Å². The standard InChI is InChI=1S/C32H32N4O5S/c1-4-6-13-28-35-31(38)29(32(39)36(28)27(5-2)24-11-7-9-21(18-24)20-33)42(40,41)26-16-14-22(15-17-26)23-10-8-12-25(19-23)30(37)34-3/h7-12,14-19,27,39H,4-6,13H2,1-3H3,(H,34,37)/t27-/m0/s1. The number of aromatic nitrogens is 2. The van der Waals surface area contributed by atoms with E-state index in [9.17, 15) is 28.4 Å². The number of benzene rings is 3. The van der Waals surface area contributed by atoms with E-state index in [1.807, 2.05) is 13.8 Å². The van der Waals surface area contributed by atoms with Crippen LogP contribution in [0.25, 0.3) is 11.1 Å². The van der Waals surface area contributed by atoms with Crippen LogP contribution in [0.3, 0.4) is 0 Å². The molecule has 1 amide bonds. The van der Waals surface area contributed by atoms with E-state index in [1.165, 1.54) is 23.7 Å². The van der Waals surface area contributed by atoms with Crippen LogP contribution in [0.1, 0.15) is 66.5 Å². The lowest BCUT2D eigenvalue weighted by atomic mass is 10.0. The molecule has 216 valence electrons. The van der Waals surface area contributed by atoms with Crippen LogP contribution in [0.5, 0.6) is 5.88 Å². The Morgan fingerprint density at radius 2 is 1.76 bits per heavy atom. The third kappa shape index (κ3) is 5.97. The van der Waals surface area contributed by atoms with Gasteiger partial charge in [0.15, 0.2) is 4.90 Å². The first-order valence-electron chi connectivity index (χ1n) is 13.7. The van der Waals surface area contributed by atoms with Crippen molar-refractivity contribution in [3.63, 3.8) is 0 Å². The molecule has 0 aliphatic carbocycles. The van der Waals surface area contributed by atoms with Gasteiger partial charge in [-0.05, 0) is 65.9 Å². The Morgan fingerprint density at radius 1 is 1.05 bits per heavy atom. The SMILES string of the molecule is CCCCc1nc(=O)c(S(=O)(=O)c2ccc(-c3cccc(C(=O)NC)c3)cc2)c(O)n1[C@@H](CC)c1cccc(C#N)c1. The summed E-state index contributed by atoms with van der Waals surface area (Å²) in [5, 5.41) is 23.5. The summed E-state index contributed by atoms with van der Waals surface area (Å²) in [7, 11) is -2.95. The summed E-state index contributed by atoms with van der Waals surface area (Å²) in [6.45, 7) is 3.85. The molecule has 0 spiro atoms. The zero-order chi connectivity index (χ0) is 30.4. The summed E-state index contributed by atoms with van der Waals surface area (Å²) >= 11 is 0. The maximum atomic E-state index is 13.8. The molecule has 3 aromatic carbocycles. The van der Waals surface area contributed by atoms with Crippen molar-refractivity contribution in [3.8, 4) is 23.1 Å². The Bertz CT molecular complexity index is 1820. The van der Waals surface area contributed by atoms with Crippen LogP contribution in [0.2, 0.25) is 0 Å². The minimum absolute atomic E-state index is 0.185. The number of sulfone groups is 1. The highest BCUT2D eigenvalue weighted by Crippen LogP contribution is 2.34. The van der Waals surface area contributed by atoms with E-state index in [0.29, 0.717) is 47.1 Å². The Hall–Kier alpha value is -4.75. The van der Waals surface area contributed by atoms with Crippen LogP contribution in [0.15, 0.2) is 87.4 Å². The molecule has 0 radical (unpaired) electrons. The van der Waals surface area contributed by atoms with E-state index in [4.69, 9.17) is 0 Å². The number of carbonyl (C=O) groups is 1.